The van der Waals surface area contributed by atoms with Crippen LogP contribution in [0.15, 0.2) is 21.7 Å². The zero-order valence-electron chi connectivity index (χ0n) is 11.7. The summed E-state index contributed by atoms with van der Waals surface area (Å²) in [6, 6.07) is 1.45. The summed E-state index contributed by atoms with van der Waals surface area (Å²) in [5, 5.41) is 11.4. The fourth-order valence-corrected chi connectivity index (χ4v) is 2.13. The number of carbonyl (C=O) groups excluding carboxylic acids is 1. The number of hydrogen-bond donors (Lipinski definition) is 2. The Morgan fingerprint density at radius 2 is 2.19 bits per heavy atom. The first-order valence-corrected chi connectivity index (χ1v) is 7.01. The lowest BCUT2D eigenvalue weighted by atomic mass is 9.89. The van der Waals surface area contributed by atoms with Gasteiger partial charge in [-0.3, -0.25) is 4.79 Å². The molecule has 0 spiro atoms. The number of carbonyl (C=O) groups is 2. The number of aromatic nitrogens is 1. The number of hydrogen-bond acceptors (Lipinski definition) is 5. The number of halogens is 1. The van der Waals surface area contributed by atoms with Gasteiger partial charge in [0.05, 0.1) is 0 Å². The standard InChI is InChI=1S/C13H14BrN3O4/c1-6(2)13(3)11(18)16-10(17-13)9-8(21-12(19)20)4-7(14)5-15-9/h4-6H,1-3H3,(H,19,20)(H,16,17,18). The largest absolute Gasteiger partial charge is 0.511 e. The molecule has 0 aliphatic carbocycles. The molecule has 2 rings (SSSR count). The smallest absolute Gasteiger partial charge is 0.449 e. The lowest BCUT2D eigenvalue weighted by Gasteiger charge is -2.21. The normalized spacial score (nSPS) is 21.2. The van der Waals surface area contributed by atoms with Gasteiger partial charge in [-0.2, -0.15) is 0 Å². The molecule has 0 bridgehead atoms. The van der Waals surface area contributed by atoms with E-state index in [9.17, 15) is 9.59 Å². The molecule has 112 valence electrons. The molecule has 2 N–H and O–H groups in total. The minimum Gasteiger partial charge on any atom is -0.449 e. The monoisotopic (exact) mass is 355 g/mol. The first-order chi connectivity index (χ1) is 9.74. The molecule has 1 aromatic rings. The van der Waals surface area contributed by atoms with E-state index in [2.05, 4.69) is 31.2 Å². The van der Waals surface area contributed by atoms with E-state index in [1.165, 1.54) is 12.3 Å². The summed E-state index contributed by atoms with van der Waals surface area (Å²) in [4.78, 5) is 31.3. The molecule has 1 aromatic heterocycles. The van der Waals surface area contributed by atoms with E-state index in [4.69, 9.17) is 9.84 Å². The van der Waals surface area contributed by atoms with Gasteiger partial charge in [-0.05, 0) is 34.8 Å². The molecular weight excluding hydrogens is 342 g/mol. The molecule has 1 aliphatic heterocycles. The van der Waals surface area contributed by atoms with Crippen LogP contribution in [-0.2, 0) is 4.79 Å². The third-order valence-electron chi connectivity index (χ3n) is 3.40. The van der Waals surface area contributed by atoms with Gasteiger partial charge in [0.15, 0.2) is 11.6 Å². The molecule has 0 radical (unpaired) electrons. The van der Waals surface area contributed by atoms with Gasteiger partial charge in [-0.25, -0.2) is 14.8 Å². The van der Waals surface area contributed by atoms with Crippen molar-refractivity contribution >= 4 is 33.8 Å². The molecule has 1 amide bonds. The topological polar surface area (TPSA) is 101 Å². The zero-order valence-corrected chi connectivity index (χ0v) is 13.3. The highest BCUT2D eigenvalue weighted by Crippen LogP contribution is 2.29. The Bertz CT molecular complexity index is 644. The first kappa shape index (κ1) is 15.4. The molecule has 0 fully saturated rings. The van der Waals surface area contributed by atoms with Gasteiger partial charge in [0, 0.05) is 10.7 Å². The second-order valence-corrected chi connectivity index (χ2v) is 6.00. The van der Waals surface area contributed by atoms with Gasteiger partial charge in [-0.15, -0.1) is 0 Å². The number of rotatable bonds is 3. The fraction of sp³-hybridized carbons (Fsp3) is 0.385. The second kappa shape index (κ2) is 5.44. The summed E-state index contributed by atoms with van der Waals surface area (Å²) in [7, 11) is 0. The van der Waals surface area contributed by atoms with Gasteiger partial charge in [0.2, 0.25) is 0 Å². The number of nitrogens with one attached hydrogen (secondary N) is 1. The second-order valence-electron chi connectivity index (χ2n) is 5.09. The predicted octanol–water partition coefficient (Wildman–Crippen LogP) is 2.19. The van der Waals surface area contributed by atoms with Gasteiger partial charge >= 0.3 is 6.16 Å². The van der Waals surface area contributed by atoms with Gasteiger partial charge in [0.25, 0.3) is 5.91 Å². The fourth-order valence-electron chi connectivity index (χ4n) is 1.82. The molecule has 1 unspecified atom stereocenters. The maximum Gasteiger partial charge on any atom is 0.511 e. The van der Waals surface area contributed by atoms with Crippen LogP contribution in [0.25, 0.3) is 0 Å². The predicted molar refractivity (Wildman–Crippen MR) is 78.5 cm³/mol. The van der Waals surface area contributed by atoms with Crippen LogP contribution in [-0.4, -0.2) is 33.5 Å². The highest BCUT2D eigenvalue weighted by molar-refractivity contribution is 9.10. The molecule has 2 heterocycles. The summed E-state index contributed by atoms with van der Waals surface area (Å²) >= 11 is 3.19. The highest BCUT2D eigenvalue weighted by atomic mass is 79.9. The van der Waals surface area contributed by atoms with Crippen LogP contribution < -0.4 is 10.1 Å². The lowest BCUT2D eigenvalue weighted by molar-refractivity contribution is -0.124. The van der Waals surface area contributed by atoms with E-state index in [0.29, 0.717) is 4.47 Å². The molecule has 0 saturated heterocycles. The van der Waals surface area contributed by atoms with Gasteiger partial charge in [0.1, 0.15) is 11.2 Å². The van der Waals surface area contributed by atoms with Gasteiger partial charge in [-0.1, -0.05) is 13.8 Å². The van der Waals surface area contributed by atoms with E-state index >= 15 is 0 Å². The number of amides is 1. The van der Waals surface area contributed by atoms with Crippen molar-refractivity contribution in [1.29, 1.82) is 0 Å². The Balaban J connectivity index is 2.48. The zero-order chi connectivity index (χ0) is 15.8. The molecule has 1 aliphatic rings. The SMILES string of the molecule is CC(C)C1(C)N=C(c2ncc(Br)cc2OC(=O)O)NC1=O. The lowest BCUT2D eigenvalue weighted by Crippen LogP contribution is -2.41. The summed E-state index contributed by atoms with van der Waals surface area (Å²) in [6.45, 7) is 5.49. The Morgan fingerprint density at radius 1 is 1.52 bits per heavy atom. The van der Waals surface area contributed by atoms with E-state index in [-0.39, 0.29) is 29.1 Å². The summed E-state index contributed by atoms with van der Waals surface area (Å²) in [5.74, 6) is -0.0586. The molecule has 0 aromatic carbocycles. The molecule has 7 nitrogen and oxygen atoms in total. The maximum atomic E-state index is 12.1. The van der Waals surface area contributed by atoms with Crippen LogP contribution in [0.3, 0.4) is 0 Å². The van der Waals surface area contributed by atoms with Gasteiger partial charge < -0.3 is 15.2 Å². The number of ether oxygens (including phenoxy) is 1. The summed E-state index contributed by atoms with van der Waals surface area (Å²) in [6.07, 6.45) is 0.0108. The van der Waals surface area contributed by atoms with E-state index in [1.54, 1.807) is 6.92 Å². The van der Waals surface area contributed by atoms with Crippen molar-refractivity contribution < 1.29 is 19.4 Å². The molecule has 0 saturated carbocycles. The molecule has 8 heteroatoms. The average molecular weight is 356 g/mol. The van der Waals surface area contributed by atoms with Crippen LogP contribution in [0.2, 0.25) is 0 Å². The number of aliphatic imine (C=N–C) groups is 1. The molecule has 1 atom stereocenters. The third kappa shape index (κ3) is 2.90. The molecular formula is C13H14BrN3O4. The number of nitrogens with zero attached hydrogens (tertiary/aromatic N) is 2. The number of pyridine rings is 1. The van der Waals surface area contributed by atoms with Crippen molar-refractivity contribution in [3.05, 3.63) is 22.4 Å². The van der Waals surface area contributed by atoms with Crippen molar-refractivity contribution in [3.63, 3.8) is 0 Å². The Hall–Kier alpha value is -1.96. The van der Waals surface area contributed by atoms with E-state index in [1.807, 2.05) is 13.8 Å². The van der Waals surface area contributed by atoms with E-state index in [0.717, 1.165) is 0 Å². The quantitative estimate of drug-likeness (QED) is 0.809. The van der Waals surface area contributed by atoms with Crippen molar-refractivity contribution in [2.24, 2.45) is 10.9 Å². The minimum atomic E-state index is -1.47. The summed E-state index contributed by atoms with van der Waals surface area (Å²) in [5.41, 5.74) is -0.733. The number of carboxylic acid groups (broad SMARTS) is 1. The van der Waals surface area contributed by atoms with Crippen molar-refractivity contribution in [2.75, 3.05) is 0 Å². The maximum absolute atomic E-state index is 12.1. The third-order valence-corrected chi connectivity index (χ3v) is 3.83. The van der Waals surface area contributed by atoms with Crippen LogP contribution in [0.1, 0.15) is 26.5 Å². The Labute approximate surface area is 129 Å². The Morgan fingerprint density at radius 3 is 2.71 bits per heavy atom. The van der Waals surface area contributed by atoms with Crippen molar-refractivity contribution in [2.45, 2.75) is 26.3 Å². The van der Waals surface area contributed by atoms with Crippen LogP contribution in [0.4, 0.5) is 4.79 Å². The average Bonchev–Trinajstić information content (AvgIpc) is 2.66. The van der Waals surface area contributed by atoms with E-state index < -0.39 is 11.7 Å². The van der Waals surface area contributed by atoms with Crippen LogP contribution in [0.5, 0.6) is 5.75 Å². The minimum absolute atomic E-state index is 0.00364. The number of amidine groups is 1. The molecule has 21 heavy (non-hydrogen) atoms. The van der Waals surface area contributed by atoms with Crippen molar-refractivity contribution in [1.82, 2.24) is 10.3 Å². The van der Waals surface area contributed by atoms with Crippen LogP contribution >= 0.6 is 15.9 Å². The van der Waals surface area contributed by atoms with Crippen molar-refractivity contribution in [3.8, 4) is 5.75 Å². The summed E-state index contributed by atoms with van der Waals surface area (Å²) < 4.78 is 5.25. The Kier molecular flexibility index (Phi) is 3.99. The first-order valence-electron chi connectivity index (χ1n) is 6.22. The highest BCUT2D eigenvalue weighted by Gasteiger charge is 2.43. The van der Waals surface area contributed by atoms with Crippen LogP contribution in [0, 0.1) is 5.92 Å².